The molecular formula is C18H25NO4S. The molecule has 3 unspecified atom stereocenters. The van der Waals surface area contributed by atoms with Gasteiger partial charge in [-0.05, 0) is 44.6 Å². The van der Waals surface area contributed by atoms with Gasteiger partial charge in [-0.15, -0.1) is 11.3 Å². The van der Waals surface area contributed by atoms with Crippen LogP contribution in [-0.2, 0) is 27.1 Å². The molecule has 5 nitrogen and oxygen atoms in total. The van der Waals surface area contributed by atoms with Gasteiger partial charge in [0.1, 0.15) is 0 Å². The first kappa shape index (κ1) is 17.4. The number of morpholine rings is 1. The van der Waals surface area contributed by atoms with Crippen molar-refractivity contribution in [2.75, 3.05) is 19.7 Å². The normalized spacial score (nSPS) is 26.8. The average molecular weight is 351 g/mol. The van der Waals surface area contributed by atoms with Gasteiger partial charge in [0, 0.05) is 23.3 Å². The number of hydrogen-bond acceptors (Lipinski definition) is 5. The van der Waals surface area contributed by atoms with Gasteiger partial charge in [0.15, 0.2) is 6.61 Å². The lowest BCUT2D eigenvalue weighted by molar-refractivity contribution is -0.146. The molecule has 3 rings (SSSR count). The van der Waals surface area contributed by atoms with Crippen LogP contribution >= 0.6 is 11.3 Å². The highest BCUT2D eigenvalue weighted by Gasteiger charge is 2.28. The second kappa shape index (κ2) is 7.23. The van der Waals surface area contributed by atoms with Crippen LogP contribution in [0.15, 0.2) is 5.38 Å². The van der Waals surface area contributed by atoms with E-state index in [1.54, 1.807) is 16.2 Å². The van der Waals surface area contributed by atoms with E-state index in [2.05, 4.69) is 6.92 Å². The van der Waals surface area contributed by atoms with E-state index in [-0.39, 0.29) is 30.7 Å². The second-order valence-electron chi connectivity index (χ2n) is 7.03. The number of carbonyl (C=O) groups is 2. The number of fused-ring (bicyclic) bond motifs is 1. The lowest BCUT2D eigenvalue weighted by atomic mass is 9.88. The Morgan fingerprint density at radius 1 is 1.29 bits per heavy atom. The van der Waals surface area contributed by atoms with Crippen LogP contribution in [-0.4, -0.2) is 48.7 Å². The molecule has 1 aliphatic heterocycles. The Balaban J connectivity index is 1.57. The lowest BCUT2D eigenvalue weighted by Crippen LogP contribution is -2.49. The summed E-state index contributed by atoms with van der Waals surface area (Å²) in [5.41, 5.74) is 1.78. The van der Waals surface area contributed by atoms with Crippen molar-refractivity contribution in [1.29, 1.82) is 0 Å². The standard InChI is InChI=1S/C18H25NO4S/c1-11-4-5-14-15(10-24-16(14)6-11)18(21)22-9-17(20)19-7-12(2)23-13(3)8-19/h10-13H,4-9H2,1-3H3. The Morgan fingerprint density at radius 3 is 2.71 bits per heavy atom. The van der Waals surface area contributed by atoms with Gasteiger partial charge in [0.05, 0.1) is 17.8 Å². The van der Waals surface area contributed by atoms with E-state index in [0.29, 0.717) is 24.6 Å². The highest BCUT2D eigenvalue weighted by molar-refractivity contribution is 7.10. The molecule has 6 heteroatoms. The van der Waals surface area contributed by atoms with Crippen molar-refractivity contribution in [3.63, 3.8) is 0 Å². The zero-order valence-corrected chi connectivity index (χ0v) is 15.4. The first-order chi connectivity index (χ1) is 11.4. The van der Waals surface area contributed by atoms with Crippen molar-refractivity contribution >= 4 is 23.2 Å². The van der Waals surface area contributed by atoms with Gasteiger partial charge in [-0.3, -0.25) is 4.79 Å². The molecule has 1 aromatic rings. The first-order valence-corrected chi connectivity index (χ1v) is 9.51. The zero-order chi connectivity index (χ0) is 17.3. The fourth-order valence-corrected chi connectivity index (χ4v) is 4.76. The summed E-state index contributed by atoms with van der Waals surface area (Å²) < 4.78 is 10.9. The summed E-state index contributed by atoms with van der Waals surface area (Å²) in [6, 6.07) is 0. The molecule has 0 radical (unpaired) electrons. The summed E-state index contributed by atoms with van der Waals surface area (Å²) in [5.74, 6) is 0.153. The molecule has 0 bridgehead atoms. The average Bonchev–Trinajstić information content (AvgIpc) is 2.94. The molecule has 1 fully saturated rings. The topological polar surface area (TPSA) is 55.8 Å². The monoisotopic (exact) mass is 351 g/mol. The summed E-state index contributed by atoms with van der Waals surface area (Å²) in [4.78, 5) is 27.7. The van der Waals surface area contributed by atoms with Gasteiger partial charge in [-0.2, -0.15) is 0 Å². The second-order valence-corrected chi connectivity index (χ2v) is 8.00. The van der Waals surface area contributed by atoms with Gasteiger partial charge >= 0.3 is 5.97 Å². The van der Waals surface area contributed by atoms with E-state index in [1.165, 1.54) is 4.88 Å². The molecule has 2 aliphatic rings. The first-order valence-electron chi connectivity index (χ1n) is 8.63. The quantitative estimate of drug-likeness (QED) is 0.786. The van der Waals surface area contributed by atoms with Gasteiger partial charge in [0.2, 0.25) is 0 Å². The van der Waals surface area contributed by atoms with Crippen molar-refractivity contribution in [2.45, 2.75) is 52.2 Å². The van der Waals surface area contributed by atoms with Crippen LogP contribution in [0, 0.1) is 5.92 Å². The van der Waals surface area contributed by atoms with Crippen molar-refractivity contribution < 1.29 is 19.1 Å². The molecular weight excluding hydrogens is 326 g/mol. The van der Waals surface area contributed by atoms with Gasteiger partial charge in [-0.1, -0.05) is 6.92 Å². The van der Waals surface area contributed by atoms with E-state index < -0.39 is 0 Å². The summed E-state index contributed by atoms with van der Waals surface area (Å²) in [7, 11) is 0. The van der Waals surface area contributed by atoms with Crippen molar-refractivity contribution in [2.24, 2.45) is 5.92 Å². The SMILES string of the molecule is CC1CCc2c(C(=O)OCC(=O)N3CC(C)OC(C)C3)csc2C1. The summed E-state index contributed by atoms with van der Waals surface area (Å²) >= 11 is 1.63. The molecule has 1 saturated heterocycles. The molecule has 1 aliphatic carbocycles. The zero-order valence-electron chi connectivity index (χ0n) is 14.5. The smallest absolute Gasteiger partial charge is 0.339 e. The number of ether oxygens (including phenoxy) is 2. The predicted octanol–water partition coefficient (Wildman–Crippen LogP) is 2.67. The maximum Gasteiger partial charge on any atom is 0.339 e. The molecule has 0 spiro atoms. The molecule has 24 heavy (non-hydrogen) atoms. The minimum atomic E-state index is -0.371. The Kier molecular flexibility index (Phi) is 5.25. The van der Waals surface area contributed by atoms with Gasteiger partial charge in [0.25, 0.3) is 5.91 Å². The number of hydrogen-bond donors (Lipinski definition) is 0. The fraction of sp³-hybridized carbons (Fsp3) is 0.667. The van der Waals surface area contributed by atoms with E-state index >= 15 is 0 Å². The van der Waals surface area contributed by atoms with E-state index in [1.807, 2.05) is 19.2 Å². The molecule has 0 saturated carbocycles. The van der Waals surface area contributed by atoms with E-state index in [9.17, 15) is 9.59 Å². The molecule has 3 atom stereocenters. The molecule has 1 aromatic heterocycles. The largest absolute Gasteiger partial charge is 0.452 e. The van der Waals surface area contributed by atoms with Gasteiger partial charge < -0.3 is 14.4 Å². The van der Waals surface area contributed by atoms with E-state index in [4.69, 9.17) is 9.47 Å². The van der Waals surface area contributed by atoms with Crippen LogP contribution in [0.2, 0.25) is 0 Å². The Bertz CT molecular complexity index is 617. The third-order valence-electron chi connectivity index (χ3n) is 4.72. The summed E-state index contributed by atoms with van der Waals surface area (Å²) in [5, 5.41) is 1.88. The molecule has 0 N–H and O–H groups in total. The fourth-order valence-electron chi connectivity index (χ4n) is 3.53. The van der Waals surface area contributed by atoms with Crippen molar-refractivity contribution in [3.8, 4) is 0 Å². The van der Waals surface area contributed by atoms with Crippen molar-refractivity contribution in [1.82, 2.24) is 4.90 Å². The Labute approximate surface area is 146 Å². The number of carbonyl (C=O) groups excluding carboxylic acids is 2. The predicted molar refractivity (Wildman–Crippen MR) is 92.4 cm³/mol. The summed E-state index contributed by atoms with van der Waals surface area (Å²) in [6.45, 7) is 7.03. The Morgan fingerprint density at radius 2 is 2.00 bits per heavy atom. The van der Waals surface area contributed by atoms with Crippen LogP contribution in [0.25, 0.3) is 0 Å². The number of nitrogens with zero attached hydrogens (tertiary/aromatic N) is 1. The number of esters is 1. The highest BCUT2D eigenvalue weighted by Crippen LogP contribution is 2.33. The van der Waals surface area contributed by atoms with Crippen LogP contribution in [0.3, 0.4) is 0 Å². The highest BCUT2D eigenvalue weighted by atomic mass is 32.1. The third kappa shape index (κ3) is 3.81. The van der Waals surface area contributed by atoms with Crippen LogP contribution < -0.4 is 0 Å². The Hall–Kier alpha value is -1.40. The summed E-state index contributed by atoms with van der Waals surface area (Å²) in [6.07, 6.45) is 3.10. The van der Waals surface area contributed by atoms with Crippen molar-refractivity contribution in [3.05, 3.63) is 21.4 Å². The molecule has 132 valence electrons. The minimum Gasteiger partial charge on any atom is -0.452 e. The maximum absolute atomic E-state index is 12.4. The lowest BCUT2D eigenvalue weighted by Gasteiger charge is -2.35. The number of rotatable bonds is 3. The molecule has 0 aromatic carbocycles. The van der Waals surface area contributed by atoms with Crippen LogP contribution in [0.4, 0.5) is 0 Å². The number of thiophene rings is 1. The molecule has 2 heterocycles. The molecule has 1 amide bonds. The maximum atomic E-state index is 12.4. The third-order valence-corrected chi connectivity index (χ3v) is 5.77. The van der Waals surface area contributed by atoms with Gasteiger partial charge in [-0.25, -0.2) is 4.79 Å². The minimum absolute atomic E-state index is 0.0132. The van der Waals surface area contributed by atoms with E-state index in [0.717, 1.165) is 24.8 Å². The number of amides is 1. The van der Waals surface area contributed by atoms with Crippen LogP contribution in [0.5, 0.6) is 0 Å². The van der Waals surface area contributed by atoms with Crippen LogP contribution in [0.1, 0.15) is 48.0 Å².